The molecule has 11 heteroatoms. The van der Waals surface area contributed by atoms with Gasteiger partial charge in [0.25, 0.3) is 5.91 Å². The van der Waals surface area contributed by atoms with Gasteiger partial charge in [-0.2, -0.15) is 0 Å². The zero-order valence-electron chi connectivity index (χ0n) is 22.2. The minimum atomic E-state index is -1.26. The monoisotopic (exact) mass is 537 g/mol. The Morgan fingerprint density at radius 2 is 1.94 bits per heavy atom. The molecular weight excluding hydrogens is 492 g/mol. The molecule has 0 aromatic carbocycles. The number of nitrogens with one attached hydrogen (secondary N) is 1. The zero-order chi connectivity index (χ0) is 26.4. The summed E-state index contributed by atoms with van der Waals surface area (Å²) in [5, 5.41) is 2.98. The van der Waals surface area contributed by atoms with Crippen molar-refractivity contribution in [1.29, 1.82) is 0 Å². The normalized spacial score (nSPS) is 34.9. The maximum atomic E-state index is 13.3. The number of carbonyl (C=O) groups excluding carboxylic acids is 1. The maximum absolute atomic E-state index is 13.3. The lowest BCUT2D eigenvalue weighted by Crippen LogP contribution is -2.60. The third kappa shape index (κ3) is 7.22. The van der Waals surface area contributed by atoms with Crippen LogP contribution < -0.4 is 5.32 Å². The van der Waals surface area contributed by atoms with Crippen molar-refractivity contribution >= 4 is 24.8 Å². The molecule has 2 rings (SSSR count). The molecule has 2 fully saturated rings. The summed E-state index contributed by atoms with van der Waals surface area (Å²) in [5.41, 5.74) is 0.692. The second-order valence-electron chi connectivity index (χ2n) is 10.2. The van der Waals surface area contributed by atoms with E-state index in [1.165, 1.54) is 7.11 Å². The lowest BCUT2D eigenvalue weighted by Gasteiger charge is -2.48. The highest BCUT2D eigenvalue weighted by molar-refractivity contribution is 7.10. The minimum Gasteiger partial charge on any atom is -0.382 e. The predicted octanol–water partition coefficient (Wildman–Crippen LogP) is 3.03. The first-order chi connectivity index (χ1) is 16.5. The topological polar surface area (TPSA) is 93.7 Å². The Labute approximate surface area is 215 Å². The summed E-state index contributed by atoms with van der Waals surface area (Å²) in [5.74, 6) is -1.45. The molecule has 2 saturated heterocycles. The van der Waals surface area contributed by atoms with Crippen LogP contribution >= 0.6 is 18.9 Å². The average molecular weight is 538 g/mol. The van der Waals surface area contributed by atoms with Crippen LogP contribution in [0.15, 0.2) is 12.2 Å². The average Bonchev–Trinajstić information content (AvgIpc) is 2.82. The number of carbonyl (C=O) groups is 1. The Bertz CT molecular complexity index is 711. The van der Waals surface area contributed by atoms with Crippen molar-refractivity contribution < 1.29 is 37.5 Å². The van der Waals surface area contributed by atoms with E-state index in [4.69, 9.17) is 32.7 Å². The summed E-state index contributed by atoms with van der Waals surface area (Å²) in [6.45, 7) is 13.1. The molecule has 0 spiro atoms. The molecule has 1 amide bonds. The minimum absolute atomic E-state index is 0.0837. The molecule has 0 saturated carbocycles. The summed E-state index contributed by atoms with van der Waals surface area (Å²) < 4.78 is 40.5. The van der Waals surface area contributed by atoms with Gasteiger partial charge in [-0.05, 0) is 6.92 Å². The molecule has 0 radical (unpaired) electrons. The van der Waals surface area contributed by atoms with Gasteiger partial charge in [0.15, 0.2) is 6.10 Å². The van der Waals surface area contributed by atoms with Crippen LogP contribution in [-0.2, 0) is 37.5 Å². The van der Waals surface area contributed by atoms with E-state index in [-0.39, 0.29) is 54.3 Å². The lowest BCUT2D eigenvalue weighted by molar-refractivity contribution is -0.291. The Morgan fingerprint density at radius 3 is 2.46 bits per heavy atom. The molecule has 2 heterocycles. The van der Waals surface area contributed by atoms with Crippen LogP contribution in [0.1, 0.15) is 47.0 Å². The molecule has 0 aliphatic carbocycles. The standard InChI is InChI=1S/C24H45NO8P2/c1-14-11-24(29-8,31-16(3)15(14)2)21(33-35)22(26)25-12-17-9-20(32-34)23(4,5)19(30-17)10-18(28-7)13-27-6/h15-21H,1,9-13,34-35H2,2-8H3,(H,25,26)/t15-,16-,17+,18+,19-,20-,21-,24-/m1/s1. The van der Waals surface area contributed by atoms with E-state index >= 15 is 0 Å². The molecular formula is C24H45NO8P2. The summed E-state index contributed by atoms with van der Waals surface area (Å²) >= 11 is 0. The highest BCUT2D eigenvalue weighted by Crippen LogP contribution is 2.42. The van der Waals surface area contributed by atoms with Gasteiger partial charge < -0.3 is 38.0 Å². The third-order valence-corrected chi connectivity index (χ3v) is 8.25. The van der Waals surface area contributed by atoms with E-state index in [2.05, 4.69) is 44.7 Å². The Balaban J connectivity index is 2.11. The van der Waals surface area contributed by atoms with Gasteiger partial charge in [0.1, 0.15) is 0 Å². The molecule has 35 heavy (non-hydrogen) atoms. The number of hydrogen-bond acceptors (Lipinski definition) is 8. The van der Waals surface area contributed by atoms with Crippen LogP contribution in [0.2, 0.25) is 0 Å². The molecule has 2 aliphatic heterocycles. The van der Waals surface area contributed by atoms with E-state index in [0.29, 0.717) is 25.9 Å². The van der Waals surface area contributed by atoms with Crippen molar-refractivity contribution in [3.8, 4) is 0 Å². The second kappa shape index (κ2) is 13.5. The molecule has 0 aromatic heterocycles. The number of ether oxygens (including phenoxy) is 5. The van der Waals surface area contributed by atoms with Crippen LogP contribution in [0, 0.1) is 11.3 Å². The first-order valence-corrected chi connectivity index (χ1v) is 13.0. The van der Waals surface area contributed by atoms with Crippen molar-refractivity contribution in [2.45, 2.75) is 89.4 Å². The third-order valence-electron chi connectivity index (χ3n) is 7.65. The number of hydrogen-bond donors (Lipinski definition) is 1. The summed E-state index contributed by atoms with van der Waals surface area (Å²) in [6, 6.07) is 0. The van der Waals surface area contributed by atoms with Gasteiger partial charge in [-0.25, -0.2) is 0 Å². The van der Waals surface area contributed by atoms with Gasteiger partial charge in [0.2, 0.25) is 5.79 Å². The highest BCUT2D eigenvalue weighted by atomic mass is 31.0. The molecule has 0 aromatic rings. The van der Waals surface area contributed by atoms with Gasteiger partial charge in [-0.1, -0.05) is 32.9 Å². The van der Waals surface area contributed by atoms with Crippen LogP contribution in [0.5, 0.6) is 0 Å². The van der Waals surface area contributed by atoms with Gasteiger partial charge in [-0.3, -0.25) is 4.79 Å². The number of rotatable bonds is 12. The Morgan fingerprint density at radius 1 is 1.26 bits per heavy atom. The van der Waals surface area contributed by atoms with E-state index in [1.807, 2.05) is 13.8 Å². The predicted molar refractivity (Wildman–Crippen MR) is 140 cm³/mol. The second-order valence-corrected chi connectivity index (χ2v) is 10.7. The zero-order valence-corrected chi connectivity index (χ0v) is 24.5. The first-order valence-electron chi connectivity index (χ1n) is 12.1. The van der Waals surface area contributed by atoms with Crippen LogP contribution in [0.3, 0.4) is 0 Å². The van der Waals surface area contributed by atoms with Crippen LogP contribution in [-0.4, -0.2) is 82.8 Å². The largest absolute Gasteiger partial charge is 0.382 e. The first kappa shape index (κ1) is 31.0. The molecule has 0 bridgehead atoms. The van der Waals surface area contributed by atoms with Crippen LogP contribution in [0.25, 0.3) is 0 Å². The Hall–Kier alpha value is -0.210. The van der Waals surface area contributed by atoms with Gasteiger partial charge in [-0.15, -0.1) is 0 Å². The fourth-order valence-corrected chi connectivity index (χ4v) is 5.71. The van der Waals surface area contributed by atoms with Crippen molar-refractivity contribution in [3.63, 3.8) is 0 Å². The summed E-state index contributed by atoms with van der Waals surface area (Å²) in [6.07, 6.45) is -0.159. The maximum Gasteiger partial charge on any atom is 0.255 e. The SMILES string of the molecule is C=C1C[C@](OC)([C@H](OP)C(=O)NC[C@@H]2C[C@@H](OP)C(C)(C)[C@@H](C[C@@H](COC)OC)O2)O[C@H](C)[C@@H]1C. The van der Waals surface area contributed by atoms with E-state index in [0.717, 1.165) is 5.57 Å². The highest BCUT2D eigenvalue weighted by Gasteiger charge is 2.51. The van der Waals surface area contributed by atoms with Crippen molar-refractivity contribution in [2.75, 3.05) is 34.5 Å². The van der Waals surface area contributed by atoms with Gasteiger partial charge >= 0.3 is 0 Å². The van der Waals surface area contributed by atoms with Crippen LogP contribution in [0.4, 0.5) is 0 Å². The van der Waals surface area contributed by atoms with E-state index in [1.54, 1.807) is 14.2 Å². The van der Waals surface area contributed by atoms with Crippen molar-refractivity contribution in [2.24, 2.45) is 11.3 Å². The van der Waals surface area contributed by atoms with Gasteiger partial charge in [0.05, 0.1) is 37.1 Å². The quantitative estimate of drug-likeness (QED) is 0.300. The molecule has 10 atom stereocenters. The fraction of sp³-hybridized carbons (Fsp3) is 0.875. The van der Waals surface area contributed by atoms with Crippen molar-refractivity contribution in [3.05, 3.63) is 12.2 Å². The molecule has 1 N–H and O–H groups in total. The molecule has 2 aliphatic rings. The number of methoxy groups -OCH3 is 3. The van der Waals surface area contributed by atoms with Gasteiger partial charge in [0, 0.05) is 77.4 Å². The lowest BCUT2D eigenvalue weighted by atomic mass is 9.74. The summed E-state index contributed by atoms with van der Waals surface area (Å²) in [4.78, 5) is 13.3. The fourth-order valence-electron chi connectivity index (χ4n) is 4.91. The summed E-state index contributed by atoms with van der Waals surface area (Å²) in [7, 11) is 9.36. The smallest absolute Gasteiger partial charge is 0.255 e. The van der Waals surface area contributed by atoms with E-state index in [9.17, 15) is 4.79 Å². The molecule has 2 unspecified atom stereocenters. The Kier molecular flexibility index (Phi) is 12.0. The van der Waals surface area contributed by atoms with Crippen molar-refractivity contribution in [1.82, 2.24) is 5.32 Å². The molecule has 9 nitrogen and oxygen atoms in total. The van der Waals surface area contributed by atoms with E-state index < -0.39 is 11.9 Å². The molecule has 204 valence electrons. The number of amides is 1.